The van der Waals surface area contributed by atoms with E-state index in [9.17, 15) is 19.8 Å². The Balaban J connectivity index is 1.19. The zero-order valence-electron chi connectivity index (χ0n) is 23.2. The van der Waals surface area contributed by atoms with Crippen molar-refractivity contribution < 1.29 is 29.3 Å². The lowest BCUT2D eigenvalue weighted by Crippen LogP contribution is -2.51. The van der Waals surface area contributed by atoms with Gasteiger partial charge in [-0.3, -0.25) is 19.4 Å². The molecule has 8 nitrogen and oxygen atoms in total. The standard InChI is InChI=1S/C32H38N2O6/c1-23-12-13-31(29(18-23)24(2)35)40-22-27(37)20-34-16-14-33(15-17-34)19-26(36)21-39-30-11-7-6-10-28(30)32(38)25-8-4-3-5-9-25/h3-13,18,26-27,36-37H,14-17,19-22H2,1-2H3/t26-,27+/m0/s1. The van der Waals surface area contributed by atoms with Crippen molar-refractivity contribution in [2.75, 3.05) is 52.5 Å². The molecule has 1 aliphatic rings. The number of nitrogens with zero attached hydrogens (tertiary/aromatic N) is 2. The number of ether oxygens (including phenoxy) is 2. The van der Waals surface area contributed by atoms with Crippen LogP contribution >= 0.6 is 0 Å². The van der Waals surface area contributed by atoms with Gasteiger partial charge < -0.3 is 19.7 Å². The fourth-order valence-corrected chi connectivity index (χ4v) is 4.80. The van der Waals surface area contributed by atoms with Crippen LogP contribution in [0, 0.1) is 6.92 Å². The number of hydrogen-bond donors (Lipinski definition) is 2. The number of hydrogen-bond acceptors (Lipinski definition) is 8. The first-order chi connectivity index (χ1) is 19.3. The molecule has 0 aromatic heterocycles. The Morgan fingerprint density at radius 2 is 1.27 bits per heavy atom. The zero-order chi connectivity index (χ0) is 28.5. The van der Waals surface area contributed by atoms with Gasteiger partial charge in [0, 0.05) is 44.8 Å². The van der Waals surface area contributed by atoms with Crippen molar-refractivity contribution in [2.24, 2.45) is 0 Å². The van der Waals surface area contributed by atoms with E-state index < -0.39 is 12.2 Å². The molecule has 1 aliphatic heterocycles. The van der Waals surface area contributed by atoms with Gasteiger partial charge in [0.25, 0.3) is 0 Å². The monoisotopic (exact) mass is 546 g/mol. The van der Waals surface area contributed by atoms with Crippen LogP contribution in [0.2, 0.25) is 0 Å². The second-order valence-electron chi connectivity index (χ2n) is 10.3. The van der Waals surface area contributed by atoms with Crippen molar-refractivity contribution in [1.82, 2.24) is 9.80 Å². The summed E-state index contributed by atoms with van der Waals surface area (Å²) in [7, 11) is 0. The molecule has 1 heterocycles. The van der Waals surface area contributed by atoms with E-state index >= 15 is 0 Å². The first-order valence-corrected chi connectivity index (χ1v) is 13.7. The van der Waals surface area contributed by atoms with E-state index in [0.29, 0.717) is 41.3 Å². The summed E-state index contributed by atoms with van der Waals surface area (Å²) in [6.07, 6.45) is -1.40. The number of benzene rings is 3. The Hall–Kier alpha value is -3.56. The molecule has 1 fully saturated rings. The first-order valence-electron chi connectivity index (χ1n) is 13.7. The van der Waals surface area contributed by atoms with Crippen LogP contribution in [0.4, 0.5) is 0 Å². The van der Waals surface area contributed by atoms with Crippen molar-refractivity contribution in [1.29, 1.82) is 0 Å². The van der Waals surface area contributed by atoms with Crippen LogP contribution in [0.15, 0.2) is 72.8 Å². The number of Topliss-reactive ketones (excluding diaryl/α,β-unsaturated/α-hetero) is 1. The molecule has 3 aromatic carbocycles. The number of β-amino-alcohol motifs (C(OH)–C–C–N with tert-alkyl or cyclic N) is 2. The molecule has 0 bridgehead atoms. The fourth-order valence-electron chi connectivity index (χ4n) is 4.80. The molecule has 3 aromatic rings. The number of piperazine rings is 1. The smallest absolute Gasteiger partial charge is 0.196 e. The lowest BCUT2D eigenvalue weighted by molar-refractivity contribution is 0.0239. The highest BCUT2D eigenvalue weighted by molar-refractivity contribution is 6.10. The summed E-state index contributed by atoms with van der Waals surface area (Å²) in [5.41, 5.74) is 2.56. The summed E-state index contributed by atoms with van der Waals surface area (Å²) in [6.45, 7) is 7.54. The van der Waals surface area contributed by atoms with Crippen LogP contribution in [-0.2, 0) is 0 Å². The van der Waals surface area contributed by atoms with Gasteiger partial charge in [-0.2, -0.15) is 0 Å². The Kier molecular flexibility index (Phi) is 10.4. The molecule has 8 heteroatoms. The predicted octanol–water partition coefficient (Wildman–Crippen LogP) is 3.23. The minimum atomic E-state index is -0.713. The summed E-state index contributed by atoms with van der Waals surface area (Å²) >= 11 is 0. The highest BCUT2D eigenvalue weighted by Crippen LogP contribution is 2.23. The summed E-state index contributed by atoms with van der Waals surface area (Å²) in [4.78, 5) is 29.1. The van der Waals surface area contributed by atoms with E-state index in [4.69, 9.17) is 9.47 Å². The van der Waals surface area contributed by atoms with E-state index in [1.807, 2.05) is 37.3 Å². The van der Waals surface area contributed by atoms with Crippen LogP contribution in [0.3, 0.4) is 0 Å². The van der Waals surface area contributed by atoms with Gasteiger partial charge in [0.15, 0.2) is 11.6 Å². The highest BCUT2D eigenvalue weighted by atomic mass is 16.5. The number of para-hydroxylation sites is 1. The molecule has 0 saturated carbocycles. The first kappa shape index (κ1) is 29.4. The predicted molar refractivity (Wildman–Crippen MR) is 153 cm³/mol. The summed E-state index contributed by atoms with van der Waals surface area (Å²) in [5, 5.41) is 21.2. The number of carbonyl (C=O) groups is 2. The third kappa shape index (κ3) is 8.22. The second kappa shape index (κ2) is 14.2. The zero-order valence-corrected chi connectivity index (χ0v) is 23.2. The Labute approximate surface area is 235 Å². The van der Waals surface area contributed by atoms with Gasteiger partial charge in [-0.1, -0.05) is 54.1 Å². The molecule has 40 heavy (non-hydrogen) atoms. The normalized spacial score (nSPS) is 15.8. The number of ketones is 2. The number of rotatable bonds is 13. The van der Waals surface area contributed by atoms with Crippen molar-refractivity contribution in [2.45, 2.75) is 26.1 Å². The minimum Gasteiger partial charge on any atom is -0.490 e. The molecular formula is C32H38N2O6. The highest BCUT2D eigenvalue weighted by Gasteiger charge is 2.22. The SMILES string of the molecule is CC(=O)c1cc(C)ccc1OC[C@H](O)CN1CCN(C[C@H](O)COc2ccccc2C(=O)c2ccccc2)CC1. The van der Waals surface area contributed by atoms with Crippen LogP contribution in [0.5, 0.6) is 11.5 Å². The van der Waals surface area contributed by atoms with Gasteiger partial charge in [0.05, 0.1) is 11.1 Å². The lowest BCUT2D eigenvalue weighted by atomic mass is 10.0. The quantitative estimate of drug-likeness (QED) is 0.316. The average molecular weight is 547 g/mol. The van der Waals surface area contributed by atoms with Crippen LogP contribution in [-0.4, -0.2) is 96.3 Å². The molecule has 2 atom stereocenters. The van der Waals surface area contributed by atoms with E-state index in [1.54, 1.807) is 42.5 Å². The van der Waals surface area contributed by atoms with Gasteiger partial charge in [0.2, 0.25) is 0 Å². The Morgan fingerprint density at radius 3 is 1.85 bits per heavy atom. The third-order valence-electron chi connectivity index (χ3n) is 6.95. The van der Waals surface area contributed by atoms with Crippen LogP contribution in [0.1, 0.15) is 38.8 Å². The molecule has 0 radical (unpaired) electrons. The van der Waals surface area contributed by atoms with E-state index in [1.165, 1.54) is 6.92 Å². The van der Waals surface area contributed by atoms with Gasteiger partial charge in [-0.05, 0) is 38.1 Å². The molecule has 0 unspecified atom stereocenters. The maximum Gasteiger partial charge on any atom is 0.196 e. The molecular weight excluding hydrogens is 508 g/mol. The Bertz CT molecular complexity index is 1270. The summed E-state index contributed by atoms with van der Waals surface area (Å²) < 4.78 is 11.6. The molecule has 0 amide bonds. The fraction of sp³-hybridized carbons (Fsp3) is 0.375. The Morgan fingerprint density at radius 1 is 0.750 bits per heavy atom. The number of carbonyl (C=O) groups excluding carboxylic acids is 2. The topological polar surface area (TPSA) is 99.5 Å². The van der Waals surface area contributed by atoms with Gasteiger partial charge in [-0.15, -0.1) is 0 Å². The van der Waals surface area contributed by atoms with Crippen molar-refractivity contribution in [3.63, 3.8) is 0 Å². The van der Waals surface area contributed by atoms with Crippen molar-refractivity contribution in [3.8, 4) is 11.5 Å². The van der Waals surface area contributed by atoms with Crippen molar-refractivity contribution >= 4 is 11.6 Å². The third-order valence-corrected chi connectivity index (χ3v) is 6.95. The maximum absolute atomic E-state index is 12.9. The minimum absolute atomic E-state index is 0.0678. The lowest BCUT2D eigenvalue weighted by Gasteiger charge is -2.36. The summed E-state index contributed by atoms with van der Waals surface area (Å²) in [6, 6.07) is 21.6. The number of aryl methyl sites for hydroxylation is 1. The molecule has 4 rings (SSSR count). The van der Waals surface area contributed by atoms with Gasteiger partial charge in [-0.25, -0.2) is 0 Å². The van der Waals surface area contributed by atoms with E-state index in [-0.39, 0.29) is 24.8 Å². The molecule has 2 N–H and O–H groups in total. The number of aliphatic hydroxyl groups is 2. The van der Waals surface area contributed by atoms with Gasteiger partial charge >= 0.3 is 0 Å². The molecule has 1 saturated heterocycles. The van der Waals surface area contributed by atoms with Crippen LogP contribution < -0.4 is 9.47 Å². The van der Waals surface area contributed by atoms with E-state index in [2.05, 4.69) is 9.80 Å². The largest absolute Gasteiger partial charge is 0.490 e. The van der Waals surface area contributed by atoms with Gasteiger partial charge in [0.1, 0.15) is 36.9 Å². The molecule has 212 valence electrons. The maximum atomic E-state index is 12.9. The van der Waals surface area contributed by atoms with Crippen LogP contribution in [0.25, 0.3) is 0 Å². The molecule has 0 spiro atoms. The average Bonchev–Trinajstić information content (AvgIpc) is 2.96. The number of aliphatic hydroxyl groups excluding tert-OH is 2. The second-order valence-corrected chi connectivity index (χ2v) is 10.3. The summed E-state index contributed by atoms with van der Waals surface area (Å²) in [5.74, 6) is 0.761. The van der Waals surface area contributed by atoms with Crippen molar-refractivity contribution in [3.05, 3.63) is 95.1 Å². The molecule has 0 aliphatic carbocycles. The van der Waals surface area contributed by atoms with E-state index in [0.717, 1.165) is 31.7 Å².